The average molecular weight is 494 g/mol. The van der Waals surface area contributed by atoms with E-state index in [1.807, 2.05) is 36.5 Å². The molecule has 3 heterocycles. The molecule has 0 spiro atoms. The van der Waals surface area contributed by atoms with Gasteiger partial charge >= 0.3 is 0 Å². The Bertz CT molecular complexity index is 1840. The summed E-state index contributed by atoms with van der Waals surface area (Å²) in [7, 11) is -3.98. The third-order valence-corrected chi connectivity index (χ3v) is 7.59. The Kier molecular flexibility index (Phi) is 5.12. The smallest absolute Gasteiger partial charge is 0.283 e. The van der Waals surface area contributed by atoms with Gasteiger partial charge < -0.3 is 10.3 Å². The van der Waals surface area contributed by atoms with Crippen LogP contribution < -0.4 is 5.32 Å². The van der Waals surface area contributed by atoms with E-state index >= 15 is 0 Å². The summed E-state index contributed by atoms with van der Waals surface area (Å²) >= 11 is 0. The van der Waals surface area contributed by atoms with E-state index in [0.717, 1.165) is 26.1 Å². The van der Waals surface area contributed by atoms with Crippen molar-refractivity contribution in [3.05, 3.63) is 109 Å². The molecule has 176 valence electrons. The van der Waals surface area contributed by atoms with E-state index in [0.29, 0.717) is 16.6 Å². The molecule has 2 N–H and O–H groups in total. The van der Waals surface area contributed by atoms with Crippen LogP contribution in [0.2, 0.25) is 0 Å². The number of H-pyrrole nitrogens is 1. The molecule has 6 aromatic rings. The summed E-state index contributed by atoms with van der Waals surface area (Å²) in [5.41, 5.74) is 3.58. The number of pyridine rings is 1. The zero-order valence-electron chi connectivity index (χ0n) is 18.8. The highest BCUT2D eigenvalue weighted by Crippen LogP contribution is 2.35. The Morgan fingerprint density at radius 1 is 0.889 bits per heavy atom. The van der Waals surface area contributed by atoms with Gasteiger partial charge in [-0.1, -0.05) is 36.4 Å². The maximum Gasteiger partial charge on any atom is 0.283 e. The molecule has 0 atom stereocenters. The molecule has 0 saturated heterocycles. The summed E-state index contributed by atoms with van der Waals surface area (Å²) in [6.07, 6.45) is 4.84. The second-order valence-electron chi connectivity index (χ2n) is 8.18. The van der Waals surface area contributed by atoms with Gasteiger partial charge in [0.05, 0.1) is 22.3 Å². The fourth-order valence-electron chi connectivity index (χ4n) is 4.27. The average Bonchev–Trinajstić information content (AvgIpc) is 3.57. The molecule has 0 aliphatic heterocycles. The van der Waals surface area contributed by atoms with Gasteiger partial charge in [-0.25, -0.2) is 0 Å². The van der Waals surface area contributed by atoms with Crippen molar-refractivity contribution in [3.63, 3.8) is 0 Å². The predicted octanol–water partition coefficient (Wildman–Crippen LogP) is 5.07. The molecule has 0 radical (unpaired) electrons. The quantitative estimate of drug-likeness (QED) is 0.349. The van der Waals surface area contributed by atoms with Crippen LogP contribution in [0.3, 0.4) is 0 Å². The lowest BCUT2D eigenvalue weighted by Gasteiger charge is -2.12. The molecule has 9 heteroatoms. The number of hydrogen-bond donors (Lipinski definition) is 2. The number of carbonyl (C=O) groups excluding carboxylic acids is 1. The lowest BCUT2D eigenvalue weighted by Crippen LogP contribution is -2.15. The van der Waals surface area contributed by atoms with Crippen molar-refractivity contribution < 1.29 is 13.2 Å². The molecule has 0 bridgehead atoms. The van der Waals surface area contributed by atoms with E-state index in [4.69, 9.17) is 0 Å². The Hall–Kier alpha value is -4.76. The minimum absolute atomic E-state index is 0.118. The van der Waals surface area contributed by atoms with Gasteiger partial charge in [-0.3, -0.25) is 9.78 Å². The number of rotatable bonds is 5. The highest BCUT2D eigenvalue weighted by Gasteiger charge is 2.23. The van der Waals surface area contributed by atoms with Crippen molar-refractivity contribution >= 4 is 43.4 Å². The van der Waals surface area contributed by atoms with E-state index in [1.54, 1.807) is 42.5 Å². The fraction of sp³-hybridized carbons (Fsp3) is 0. The Labute approximate surface area is 206 Å². The van der Waals surface area contributed by atoms with Crippen molar-refractivity contribution in [1.82, 2.24) is 19.2 Å². The summed E-state index contributed by atoms with van der Waals surface area (Å²) in [6.45, 7) is 0. The number of fused-ring (bicyclic) bond motifs is 2. The Morgan fingerprint density at radius 3 is 2.53 bits per heavy atom. The van der Waals surface area contributed by atoms with Gasteiger partial charge in [-0.2, -0.15) is 17.6 Å². The van der Waals surface area contributed by atoms with Gasteiger partial charge in [0.2, 0.25) is 0 Å². The number of amides is 1. The number of carbonyl (C=O) groups is 1. The molecule has 0 saturated carbocycles. The summed E-state index contributed by atoms with van der Waals surface area (Å²) in [6, 6.07) is 24.6. The molecule has 3 aromatic carbocycles. The number of aromatic amines is 1. The normalized spacial score (nSPS) is 11.7. The van der Waals surface area contributed by atoms with E-state index in [1.165, 1.54) is 24.5 Å². The lowest BCUT2D eigenvalue weighted by atomic mass is 9.99. The van der Waals surface area contributed by atoms with Crippen molar-refractivity contribution in [3.8, 4) is 11.1 Å². The zero-order valence-corrected chi connectivity index (χ0v) is 19.6. The summed E-state index contributed by atoms with van der Waals surface area (Å²) in [4.78, 5) is 20.4. The minimum atomic E-state index is -3.98. The van der Waals surface area contributed by atoms with Crippen LogP contribution in [0.15, 0.2) is 108 Å². The van der Waals surface area contributed by atoms with Gasteiger partial charge in [-0.05, 0) is 59.7 Å². The number of anilines is 1. The van der Waals surface area contributed by atoms with Crippen molar-refractivity contribution in [2.45, 2.75) is 4.90 Å². The van der Waals surface area contributed by atoms with Gasteiger partial charge in [-0.15, -0.1) is 0 Å². The van der Waals surface area contributed by atoms with Crippen molar-refractivity contribution in [2.24, 2.45) is 0 Å². The molecule has 0 unspecified atom stereocenters. The van der Waals surface area contributed by atoms with Crippen LogP contribution in [0.4, 0.5) is 5.69 Å². The van der Waals surface area contributed by atoms with Crippen LogP contribution in [-0.2, 0) is 10.0 Å². The fourth-order valence-corrected chi connectivity index (χ4v) is 5.55. The van der Waals surface area contributed by atoms with Gasteiger partial charge in [0.1, 0.15) is 5.69 Å². The van der Waals surface area contributed by atoms with Gasteiger partial charge in [0, 0.05) is 28.7 Å². The van der Waals surface area contributed by atoms with E-state index in [-0.39, 0.29) is 10.6 Å². The molecular formula is C27H19N5O3S. The van der Waals surface area contributed by atoms with Crippen LogP contribution in [0, 0.1) is 0 Å². The number of hydrogen-bond acceptors (Lipinski definition) is 5. The summed E-state index contributed by atoms with van der Waals surface area (Å²) in [5.74, 6) is -0.410. The topological polar surface area (TPSA) is 110 Å². The van der Waals surface area contributed by atoms with E-state index in [9.17, 15) is 13.2 Å². The molecule has 0 fully saturated rings. The zero-order chi connectivity index (χ0) is 24.7. The molecule has 36 heavy (non-hydrogen) atoms. The van der Waals surface area contributed by atoms with E-state index in [2.05, 4.69) is 20.4 Å². The maximum atomic E-state index is 13.5. The highest BCUT2D eigenvalue weighted by molar-refractivity contribution is 7.90. The molecule has 0 aliphatic rings. The number of nitrogens with one attached hydrogen (secondary N) is 2. The highest BCUT2D eigenvalue weighted by atomic mass is 32.2. The van der Waals surface area contributed by atoms with Crippen LogP contribution in [-0.4, -0.2) is 33.5 Å². The molecule has 0 aliphatic carbocycles. The predicted molar refractivity (Wildman–Crippen MR) is 138 cm³/mol. The Balaban J connectivity index is 1.58. The molecule has 3 aromatic heterocycles. The van der Waals surface area contributed by atoms with Crippen LogP contribution in [0.25, 0.3) is 32.9 Å². The largest absolute Gasteiger partial charge is 0.361 e. The molecule has 1 amide bonds. The Morgan fingerprint density at radius 2 is 1.72 bits per heavy atom. The van der Waals surface area contributed by atoms with Crippen LogP contribution in [0.5, 0.6) is 0 Å². The number of aromatic nitrogens is 4. The summed E-state index contributed by atoms with van der Waals surface area (Å²) in [5, 5.41) is 8.59. The first-order chi connectivity index (χ1) is 17.5. The third kappa shape index (κ3) is 3.62. The molecular weight excluding hydrogens is 474 g/mol. The minimum Gasteiger partial charge on any atom is -0.361 e. The maximum absolute atomic E-state index is 13.5. The SMILES string of the molecule is O=C(Nc1cc(-c2cccc3[nH]ccc23)cc2c1cnn2S(=O)(=O)c1ccccc1)c1ccccn1. The lowest BCUT2D eigenvalue weighted by molar-refractivity contribution is 0.102. The second kappa shape index (κ2) is 8.47. The molecule has 8 nitrogen and oxygen atoms in total. The van der Waals surface area contributed by atoms with Crippen molar-refractivity contribution in [1.29, 1.82) is 0 Å². The van der Waals surface area contributed by atoms with Gasteiger partial charge in [0.25, 0.3) is 15.9 Å². The standard InChI is InChI=1S/C27H19N5O3S/c33-27(24-10-4-5-13-28-24)31-25-15-18(20-9-6-11-23-21(20)12-14-29-23)16-26-22(25)17-30-32(26)36(34,35)19-7-2-1-3-8-19/h1-17,29H,(H,31,33). The summed E-state index contributed by atoms with van der Waals surface area (Å²) < 4.78 is 28.0. The third-order valence-electron chi connectivity index (χ3n) is 5.98. The van der Waals surface area contributed by atoms with E-state index < -0.39 is 15.9 Å². The number of nitrogens with zero attached hydrogens (tertiary/aromatic N) is 3. The van der Waals surface area contributed by atoms with Gasteiger partial charge in [0.15, 0.2) is 0 Å². The first-order valence-corrected chi connectivity index (χ1v) is 12.6. The van der Waals surface area contributed by atoms with Crippen LogP contribution >= 0.6 is 0 Å². The first kappa shape index (κ1) is 21.8. The first-order valence-electron chi connectivity index (χ1n) is 11.1. The second-order valence-corrected chi connectivity index (χ2v) is 9.94. The number of benzene rings is 3. The monoisotopic (exact) mass is 493 g/mol. The van der Waals surface area contributed by atoms with Crippen LogP contribution in [0.1, 0.15) is 10.5 Å². The molecule has 6 rings (SSSR count). The van der Waals surface area contributed by atoms with Crippen molar-refractivity contribution in [2.75, 3.05) is 5.32 Å².